The van der Waals surface area contributed by atoms with Crippen molar-refractivity contribution < 1.29 is 4.79 Å². The van der Waals surface area contributed by atoms with Gasteiger partial charge < -0.3 is 10.6 Å². The van der Waals surface area contributed by atoms with Crippen LogP contribution in [0.4, 0.5) is 5.82 Å². The number of rotatable bonds is 2. The predicted molar refractivity (Wildman–Crippen MR) is 82.0 cm³/mol. The Labute approximate surface area is 124 Å². The summed E-state index contributed by atoms with van der Waals surface area (Å²) < 4.78 is 1.92. The Morgan fingerprint density at radius 3 is 2.67 bits per heavy atom. The molecule has 1 fully saturated rings. The van der Waals surface area contributed by atoms with Crippen LogP contribution in [0.25, 0.3) is 0 Å². The molecule has 1 saturated heterocycles. The number of hydrogen-bond acceptors (Lipinski definition) is 3. The summed E-state index contributed by atoms with van der Waals surface area (Å²) in [6.07, 6.45) is 3.75. The molecule has 0 aliphatic carbocycles. The van der Waals surface area contributed by atoms with E-state index in [1.807, 2.05) is 53.0 Å². The third-order valence-electron chi connectivity index (χ3n) is 4.02. The molecule has 0 atom stereocenters. The van der Waals surface area contributed by atoms with Crippen LogP contribution < -0.4 is 5.73 Å². The normalized spacial score (nSPS) is 16.1. The van der Waals surface area contributed by atoms with E-state index in [-0.39, 0.29) is 5.91 Å². The van der Waals surface area contributed by atoms with Crippen LogP contribution in [0.15, 0.2) is 36.5 Å². The number of aryl methyl sites for hydroxylation is 1. The van der Waals surface area contributed by atoms with E-state index in [0.29, 0.717) is 11.9 Å². The molecule has 2 N–H and O–H groups in total. The van der Waals surface area contributed by atoms with E-state index in [9.17, 15) is 4.79 Å². The summed E-state index contributed by atoms with van der Waals surface area (Å²) in [5.74, 6) is 0.672. The quantitative estimate of drug-likeness (QED) is 0.920. The molecular weight excluding hydrogens is 264 g/mol. The van der Waals surface area contributed by atoms with Crippen LogP contribution in [-0.4, -0.2) is 33.7 Å². The molecule has 21 heavy (non-hydrogen) atoms. The first-order valence-corrected chi connectivity index (χ1v) is 7.30. The number of carbonyl (C=O) groups excluding carboxylic acids is 1. The fourth-order valence-electron chi connectivity index (χ4n) is 2.85. The van der Waals surface area contributed by atoms with E-state index in [4.69, 9.17) is 5.73 Å². The van der Waals surface area contributed by atoms with Crippen molar-refractivity contribution in [2.75, 3.05) is 18.8 Å². The summed E-state index contributed by atoms with van der Waals surface area (Å²) in [7, 11) is 0. The Morgan fingerprint density at radius 2 is 2.05 bits per heavy atom. The van der Waals surface area contributed by atoms with Gasteiger partial charge in [-0.2, -0.15) is 5.10 Å². The zero-order chi connectivity index (χ0) is 14.8. The standard InChI is InChI=1S/C16H20N4O/c1-12-3-2-4-13(11-12)16(21)19-8-5-14(6-9-19)20-10-7-15(17)18-20/h2-4,7,10-11,14H,5-6,8-9H2,1H3,(H2,17,18). The van der Waals surface area contributed by atoms with Gasteiger partial charge in [0, 0.05) is 24.8 Å². The number of hydrogen-bond donors (Lipinski definition) is 1. The van der Waals surface area contributed by atoms with Gasteiger partial charge in [-0.1, -0.05) is 17.7 Å². The average Bonchev–Trinajstić information content (AvgIpc) is 2.93. The first-order valence-electron chi connectivity index (χ1n) is 7.30. The van der Waals surface area contributed by atoms with E-state index >= 15 is 0 Å². The highest BCUT2D eigenvalue weighted by Gasteiger charge is 2.24. The van der Waals surface area contributed by atoms with Crippen molar-refractivity contribution >= 4 is 11.7 Å². The van der Waals surface area contributed by atoms with Gasteiger partial charge in [-0.15, -0.1) is 0 Å². The molecular formula is C16H20N4O. The van der Waals surface area contributed by atoms with E-state index in [1.165, 1.54) is 0 Å². The molecule has 0 bridgehead atoms. The largest absolute Gasteiger partial charge is 0.382 e. The number of piperidine rings is 1. The molecule has 0 saturated carbocycles. The maximum absolute atomic E-state index is 12.5. The Hall–Kier alpha value is -2.30. The van der Waals surface area contributed by atoms with E-state index < -0.39 is 0 Å². The molecule has 0 unspecified atom stereocenters. The van der Waals surface area contributed by atoms with Gasteiger partial charge in [0.2, 0.25) is 0 Å². The van der Waals surface area contributed by atoms with Crippen LogP contribution in [0.3, 0.4) is 0 Å². The molecule has 1 aromatic heterocycles. The van der Waals surface area contributed by atoms with Gasteiger partial charge in [-0.05, 0) is 38.0 Å². The van der Waals surface area contributed by atoms with Gasteiger partial charge in [-0.3, -0.25) is 9.48 Å². The number of carbonyl (C=O) groups is 1. The van der Waals surface area contributed by atoms with Crippen molar-refractivity contribution in [1.29, 1.82) is 0 Å². The molecule has 1 aliphatic heterocycles. The van der Waals surface area contributed by atoms with Gasteiger partial charge in [0.15, 0.2) is 0 Å². The number of benzene rings is 1. The molecule has 5 heteroatoms. The Kier molecular flexibility index (Phi) is 3.64. The first-order chi connectivity index (χ1) is 10.1. The van der Waals surface area contributed by atoms with Crippen LogP contribution in [0.1, 0.15) is 34.8 Å². The topological polar surface area (TPSA) is 64.2 Å². The molecule has 5 nitrogen and oxygen atoms in total. The highest BCUT2D eigenvalue weighted by molar-refractivity contribution is 5.94. The monoisotopic (exact) mass is 284 g/mol. The maximum Gasteiger partial charge on any atom is 0.253 e. The minimum absolute atomic E-state index is 0.122. The lowest BCUT2D eigenvalue weighted by Crippen LogP contribution is -2.39. The minimum atomic E-state index is 0.122. The zero-order valence-electron chi connectivity index (χ0n) is 12.2. The molecule has 0 spiro atoms. The number of nitrogen functional groups attached to an aromatic ring is 1. The first kappa shape index (κ1) is 13.7. The van der Waals surface area contributed by atoms with Crippen LogP contribution >= 0.6 is 0 Å². The predicted octanol–water partition coefficient (Wildman–Crippen LogP) is 2.25. The summed E-state index contributed by atoms with van der Waals surface area (Å²) in [5.41, 5.74) is 7.54. The lowest BCUT2D eigenvalue weighted by Gasteiger charge is -2.32. The molecule has 3 rings (SSSR count). The van der Waals surface area contributed by atoms with E-state index in [2.05, 4.69) is 5.10 Å². The molecule has 2 aromatic rings. The number of amides is 1. The Morgan fingerprint density at radius 1 is 1.29 bits per heavy atom. The van der Waals surface area contributed by atoms with Crippen LogP contribution in [0.2, 0.25) is 0 Å². The van der Waals surface area contributed by atoms with Gasteiger partial charge >= 0.3 is 0 Å². The van der Waals surface area contributed by atoms with E-state index in [0.717, 1.165) is 37.1 Å². The molecule has 1 amide bonds. The van der Waals surface area contributed by atoms with Gasteiger partial charge in [0.25, 0.3) is 5.91 Å². The van der Waals surface area contributed by atoms with Gasteiger partial charge in [0.05, 0.1) is 6.04 Å². The second kappa shape index (κ2) is 5.60. The third kappa shape index (κ3) is 2.91. The van der Waals surface area contributed by atoms with Crippen molar-refractivity contribution in [1.82, 2.24) is 14.7 Å². The highest BCUT2D eigenvalue weighted by atomic mass is 16.2. The minimum Gasteiger partial charge on any atom is -0.382 e. The molecule has 0 radical (unpaired) electrons. The highest BCUT2D eigenvalue weighted by Crippen LogP contribution is 2.23. The van der Waals surface area contributed by atoms with Crippen molar-refractivity contribution in [3.63, 3.8) is 0 Å². The molecule has 2 heterocycles. The summed E-state index contributed by atoms with van der Waals surface area (Å²) in [6.45, 7) is 3.53. The summed E-state index contributed by atoms with van der Waals surface area (Å²) in [6, 6.07) is 9.92. The van der Waals surface area contributed by atoms with Crippen molar-refractivity contribution in [2.24, 2.45) is 0 Å². The zero-order valence-corrected chi connectivity index (χ0v) is 12.2. The number of nitrogens with zero attached hydrogens (tertiary/aromatic N) is 3. The summed E-state index contributed by atoms with van der Waals surface area (Å²) in [5, 5.41) is 4.27. The summed E-state index contributed by atoms with van der Waals surface area (Å²) in [4.78, 5) is 14.4. The van der Waals surface area contributed by atoms with Crippen molar-refractivity contribution in [3.8, 4) is 0 Å². The maximum atomic E-state index is 12.5. The lowest BCUT2D eigenvalue weighted by atomic mass is 10.0. The number of anilines is 1. The van der Waals surface area contributed by atoms with Crippen LogP contribution in [0, 0.1) is 6.92 Å². The third-order valence-corrected chi connectivity index (χ3v) is 4.02. The Balaban J connectivity index is 1.64. The van der Waals surface area contributed by atoms with E-state index in [1.54, 1.807) is 0 Å². The van der Waals surface area contributed by atoms with Gasteiger partial charge in [-0.25, -0.2) is 0 Å². The number of nitrogens with two attached hydrogens (primary N) is 1. The fraction of sp³-hybridized carbons (Fsp3) is 0.375. The van der Waals surface area contributed by atoms with Crippen molar-refractivity contribution in [2.45, 2.75) is 25.8 Å². The molecule has 1 aromatic carbocycles. The van der Waals surface area contributed by atoms with Crippen molar-refractivity contribution in [3.05, 3.63) is 47.7 Å². The average molecular weight is 284 g/mol. The number of likely N-dealkylation sites (tertiary alicyclic amines) is 1. The Bertz CT molecular complexity index is 641. The van der Waals surface area contributed by atoms with Crippen LogP contribution in [0.5, 0.6) is 0 Å². The lowest BCUT2D eigenvalue weighted by molar-refractivity contribution is 0.0690. The van der Waals surface area contributed by atoms with Gasteiger partial charge in [0.1, 0.15) is 5.82 Å². The van der Waals surface area contributed by atoms with Crippen LogP contribution in [-0.2, 0) is 0 Å². The number of aromatic nitrogens is 2. The SMILES string of the molecule is Cc1cccc(C(=O)N2CCC(n3ccc(N)n3)CC2)c1. The second-order valence-electron chi connectivity index (χ2n) is 5.61. The second-order valence-corrected chi connectivity index (χ2v) is 5.61. The molecule has 1 aliphatic rings. The summed E-state index contributed by atoms with van der Waals surface area (Å²) >= 11 is 0. The fourth-order valence-corrected chi connectivity index (χ4v) is 2.85. The smallest absolute Gasteiger partial charge is 0.253 e. The molecule has 110 valence electrons.